The maximum absolute atomic E-state index is 13.2. The number of amides is 3. The van der Waals surface area contributed by atoms with Gasteiger partial charge in [0.25, 0.3) is 0 Å². The molecule has 11 nitrogen and oxygen atoms in total. The van der Waals surface area contributed by atoms with Crippen LogP contribution in [0.3, 0.4) is 0 Å². The molecule has 0 radical (unpaired) electrons. The van der Waals surface area contributed by atoms with E-state index in [0.29, 0.717) is 25.8 Å². The summed E-state index contributed by atoms with van der Waals surface area (Å²) in [7, 11) is 0. The number of para-hydroxylation sites is 1. The van der Waals surface area contributed by atoms with Gasteiger partial charge in [-0.05, 0) is 43.2 Å². The van der Waals surface area contributed by atoms with Gasteiger partial charge in [-0.25, -0.2) is 4.79 Å². The van der Waals surface area contributed by atoms with Gasteiger partial charge in [-0.1, -0.05) is 32.0 Å². The van der Waals surface area contributed by atoms with Crippen molar-refractivity contribution in [1.82, 2.24) is 20.5 Å². The summed E-state index contributed by atoms with van der Waals surface area (Å²) in [5.41, 5.74) is 8.09. The summed E-state index contributed by atoms with van der Waals surface area (Å²) in [6, 6.07) is 3.51. The summed E-state index contributed by atoms with van der Waals surface area (Å²) in [5.74, 6) is -2.95. The molecule has 2 aromatic rings. The number of carboxylic acid groups (broad SMARTS) is 1. The maximum Gasteiger partial charge on any atom is 0.326 e. The minimum atomic E-state index is -1.34. The van der Waals surface area contributed by atoms with Gasteiger partial charge in [0.1, 0.15) is 18.1 Å². The molecule has 1 aromatic heterocycles. The number of aliphatic carboxylic acids is 1. The van der Waals surface area contributed by atoms with E-state index in [1.165, 1.54) is 4.90 Å². The van der Waals surface area contributed by atoms with E-state index in [2.05, 4.69) is 15.6 Å². The Morgan fingerprint density at radius 3 is 2.56 bits per heavy atom. The Morgan fingerprint density at radius 2 is 1.89 bits per heavy atom. The number of aromatic nitrogens is 1. The first kappa shape index (κ1) is 27.2. The highest BCUT2D eigenvalue weighted by atomic mass is 16.4. The molecule has 0 bridgehead atoms. The number of nitrogens with two attached hydrogens (primary N) is 1. The van der Waals surface area contributed by atoms with Crippen molar-refractivity contribution in [3.8, 4) is 0 Å². The lowest BCUT2D eigenvalue weighted by atomic mass is 10.0. The molecule has 0 spiro atoms. The molecule has 0 aliphatic carbocycles. The summed E-state index contributed by atoms with van der Waals surface area (Å²) in [4.78, 5) is 54.7. The van der Waals surface area contributed by atoms with Crippen LogP contribution < -0.4 is 16.4 Å². The molecular weight excluding hydrogens is 466 g/mol. The average molecular weight is 502 g/mol. The Kier molecular flexibility index (Phi) is 9.05. The lowest BCUT2D eigenvalue weighted by Crippen LogP contribution is -2.57. The third-order valence-electron chi connectivity index (χ3n) is 6.41. The number of nitrogens with zero attached hydrogens (tertiary/aromatic N) is 1. The zero-order valence-corrected chi connectivity index (χ0v) is 20.6. The second kappa shape index (κ2) is 12.0. The molecule has 11 heteroatoms. The molecule has 1 saturated heterocycles. The number of fused-ring (bicyclic) bond motifs is 1. The van der Waals surface area contributed by atoms with Crippen LogP contribution in [-0.2, 0) is 25.6 Å². The number of hydrogen-bond acceptors (Lipinski definition) is 6. The first-order valence-electron chi connectivity index (χ1n) is 12.2. The van der Waals surface area contributed by atoms with Crippen LogP contribution in [0, 0.1) is 5.92 Å². The minimum Gasteiger partial charge on any atom is -0.480 e. The molecule has 4 unspecified atom stereocenters. The normalized spacial score (nSPS) is 18.1. The topological polar surface area (TPSA) is 178 Å². The van der Waals surface area contributed by atoms with Crippen molar-refractivity contribution in [3.63, 3.8) is 0 Å². The number of aliphatic hydroxyl groups excluding tert-OH is 1. The van der Waals surface area contributed by atoms with E-state index >= 15 is 0 Å². The average Bonchev–Trinajstić information content (AvgIpc) is 3.49. The number of nitrogens with one attached hydrogen (secondary N) is 3. The van der Waals surface area contributed by atoms with Crippen LogP contribution >= 0.6 is 0 Å². The largest absolute Gasteiger partial charge is 0.480 e. The number of carboxylic acids is 1. The van der Waals surface area contributed by atoms with E-state index < -0.39 is 48.6 Å². The highest BCUT2D eigenvalue weighted by Gasteiger charge is 2.38. The number of H-pyrrole nitrogens is 1. The molecule has 1 aliphatic rings. The van der Waals surface area contributed by atoms with Crippen molar-refractivity contribution in [2.24, 2.45) is 11.7 Å². The fourth-order valence-electron chi connectivity index (χ4n) is 4.57. The Hall–Kier alpha value is -3.44. The van der Waals surface area contributed by atoms with E-state index in [1.807, 2.05) is 44.3 Å². The van der Waals surface area contributed by atoms with Crippen LogP contribution in [0.25, 0.3) is 10.9 Å². The number of rotatable bonds is 11. The monoisotopic (exact) mass is 501 g/mol. The fraction of sp³-hybridized carbons (Fsp3) is 0.520. The number of benzene rings is 1. The Balaban J connectivity index is 1.63. The highest BCUT2D eigenvalue weighted by Crippen LogP contribution is 2.22. The minimum absolute atomic E-state index is 0.0140. The van der Waals surface area contributed by atoms with Crippen LogP contribution in [0.5, 0.6) is 0 Å². The zero-order valence-electron chi connectivity index (χ0n) is 20.6. The van der Waals surface area contributed by atoms with Crippen molar-refractivity contribution in [3.05, 3.63) is 36.0 Å². The van der Waals surface area contributed by atoms with E-state index in [-0.39, 0.29) is 18.2 Å². The highest BCUT2D eigenvalue weighted by molar-refractivity contribution is 5.94. The van der Waals surface area contributed by atoms with Crippen LogP contribution in [0.4, 0.5) is 0 Å². The fourth-order valence-corrected chi connectivity index (χ4v) is 4.57. The molecule has 1 fully saturated rings. The van der Waals surface area contributed by atoms with Crippen molar-refractivity contribution < 1.29 is 29.4 Å². The quantitative estimate of drug-likeness (QED) is 0.253. The Morgan fingerprint density at radius 1 is 1.17 bits per heavy atom. The summed E-state index contributed by atoms with van der Waals surface area (Å²) in [5, 5.41) is 24.9. The number of aromatic amines is 1. The second-order valence-electron chi connectivity index (χ2n) is 9.63. The van der Waals surface area contributed by atoms with Gasteiger partial charge in [0.05, 0.1) is 12.6 Å². The van der Waals surface area contributed by atoms with Crippen LogP contribution in [-0.4, -0.2) is 81.1 Å². The molecule has 1 aromatic carbocycles. The number of aliphatic hydroxyl groups is 1. The van der Waals surface area contributed by atoms with Crippen LogP contribution in [0.15, 0.2) is 30.5 Å². The molecule has 0 saturated carbocycles. The number of carbonyl (C=O) groups is 4. The van der Waals surface area contributed by atoms with Gasteiger partial charge in [-0.15, -0.1) is 0 Å². The van der Waals surface area contributed by atoms with Gasteiger partial charge in [0, 0.05) is 23.6 Å². The van der Waals surface area contributed by atoms with E-state index in [0.717, 1.165) is 16.5 Å². The Bertz CT molecular complexity index is 1100. The van der Waals surface area contributed by atoms with E-state index in [4.69, 9.17) is 5.73 Å². The maximum atomic E-state index is 13.2. The first-order chi connectivity index (χ1) is 17.1. The Labute approximate surface area is 209 Å². The smallest absolute Gasteiger partial charge is 0.326 e. The second-order valence-corrected chi connectivity index (χ2v) is 9.63. The molecule has 1 aliphatic heterocycles. The third-order valence-corrected chi connectivity index (χ3v) is 6.41. The lowest BCUT2D eigenvalue weighted by molar-refractivity contribution is -0.143. The van der Waals surface area contributed by atoms with Crippen molar-refractivity contribution >= 4 is 34.6 Å². The standard InChI is InChI=1S/C25H35N5O6/c1-14(2)10-19(25(35)36)28-22(32)20(13-31)29-23(33)21-8-5-9-30(21)24(34)17(26)11-15-12-27-18-7-4-3-6-16(15)18/h3-4,6-7,12,14,17,19-21,27,31H,5,8-11,13,26H2,1-2H3,(H,28,32)(H,29,33)(H,35,36). The van der Waals surface area contributed by atoms with Crippen molar-refractivity contribution in [2.75, 3.05) is 13.2 Å². The molecule has 196 valence electrons. The summed E-state index contributed by atoms with van der Waals surface area (Å²) in [6.45, 7) is 3.28. The van der Waals surface area contributed by atoms with Crippen molar-refractivity contribution in [1.29, 1.82) is 0 Å². The summed E-state index contributed by atoms with van der Waals surface area (Å²) >= 11 is 0. The van der Waals surface area contributed by atoms with Gasteiger partial charge < -0.3 is 36.5 Å². The zero-order chi connectivity index (χ0) is 26.4. The molecule has 3 amide bonds. The van der Waals surface area contributed by atoms with E-state index in [1.54, 1.807) is 0 Å². The van der Waals surface area contributed by atoms with Crippen LogP contribution in [0.1, 0.15) is 38.7 Å². The predicted octanol–water partition coefficient (Wildman–Crippen LogP) is 0.121. The van der Waals surface area contributed by atoms with Gasteiger partial charge in [-0.3, -0.25) is 14.4 Å². The number of carbonyl (C=O) groups excluding carboxylic acids is 3. The molecule has 36 heavy (non-hydrogen) atoms. The number of likely N-dealkylation sites (tertiary alicyclic amines) is 1. The summed E-state index contributed by atoms with van der Waals surface area (Å²) in [6.07, 6.45) is 3.30. The SMILES string of the molecule is CC(C)CC(NC(=O)C(CO)NC(=O)C1CCCN1C(=O)C(N)Cc1c[nH]c2ccccc12)C(=O)O. The van der Waals surface area contributed by atoms with Gasteiger partial charge in [0.2, 0.25) is 17.7 Å². The van der Waals surface area contributed by atoms with E-state index in [9.17, 15) is 29.4 Å². The molecular formula is C25H35N5O6. The third kappa shape index (κ3) is 6.41. The molecule has 7 N–H and O–H groups in total. The van der Waals surface area contributed by atoms with Gasteiger partial charge in [-0.2, -0.15) is 0 Å². The predicted molar refractivity (Wildman–Crippen MR) is 133 cm³/mol. The molecule has 4 atom stereocenters. The van der Waals surface area contributed by atoms with Crippen LogP contribution in [0.2, 0.25) is 0 Å². The first-order valence-corrected chi connectivity index (χ1v) is 12.2. The van der Waals surface area contributed by atoms with Crippen molar-refractivity contribution in [2.45, 2.75) is 63.7 Å². The summed E-state index contributed by atoms with van der Waals surface area (Å²) < 4.78 is 0. The molecule has 2 heterocycles. The van der Waals surface area contributed by atoms with Gasteiger partial charge in [0.15, 0.2) is 0 Å². The lowest BCUT2D eigenvalue weighted by Gasteiger charge is -2.28. The molecule has 3 rings (SSSR count). The number of hydrogen-bond donors (Lipinski definition) is 6. The van der Waals surface area contributed by atoms with Gasteiger partial charge >= 0.3 is 5.97 Å².